The maximum absolute atomic E-state index is 11.2. The number of rotatable bonds is 3. The van der Waals surface area contributed by atoms with E-state index >= 15 is 0 Å². The molecule has 0 fully saturated rings. The number of methoxy groups -OCH3 is 1. The number of aryl methyl sites for hydroxylation is 2. The second kappa shape index (κ2) is 4.88. The summed E-state index contributed by atoms with van der Waals surface area (Å²) in [5.41, 5.74) is 5.52. The fourth-order valence-corrected chi connectivity index (χ4v) is 2.40. The Labute approximate surface area is 113 Å². The van der Waals surface area contributed by atoms with E-state index in [1.807, 2.05) is 33.9 Å². The molecular weight excluding hydrogens is 240 g/mol. The number of nitrogens with zero attached hydrogens (tertiary/aromatic N) is 2. The van der Waals surface area contributed by atoms with Crippen molar-refractivity contribution in [3.8, 4) is 17.0 Å². The molecule has 0 N–H and O–H groups in total. The highest BCUT2D eigenvalue weighted by Gasteiger charge is 2.17. The van der Waals surface area contributed by atoms with Crippen LogP contribution in [0.25, 0.3) is 11.3 Å². The lowest BCUT2D eigenvalue weighted by Gasteiger charge is -2.15. The van der Waals surface area contributed by atoms with E-state index in [4.69, 9.17) is 4.74 Å². The zero-order valence-corrected chi connectivity index (χ0v) is 11.9. The largest absolute Gasteiger partial charge is 0.496 e. The number of hydrogen-bond acceptors (Lipinski definition) is 3. The first kappa shape index (κ1) is 13.3. The average molecular weight is 258 g/mol. The van der Waals surface area contributed by atoms with Crippen LogP contribution in [0.3, 0.4) is 0 Å². The number of carbonyl (C=O) groups excluding carboxylic acids is 1. The molecule has 2 aromatic rings. The van der Waals surface area contributed by atoms with Gasteiger partial charge in [0.1, 0.15) is 11.4 Å². The van der Waals surface area contributed by atoms with Crippen molar-refractivity contribution >= 4 is 6.29 Å². The Kier molecular flexibility index (Phi) is 3.42. The summed E-state index contributed by atoms with van der Waals surface area (Å²) in [4.78, 5) is 15.5. The molecule has 0 bridgehead atoms. The number of hydrogen-bond donors (Lipinski definition) is 0. The first-order valence-electron chi connectivity index (χ1n) is 6.12. The Balaban J connectivity index is 2.73. The second-order valence-electron chi connectivity index (χ2n) is 4.73. The third-order valence-corrected chi connectivity index (χ3v) is 3.58. The molecule has 2 rings (SSSR count). The smallest absolute Gasteiger partial charge is 0.168 e. The molecule has 0 amide bonds. The molecule has 1 heterocycles. The van der Waals surface area contributed by atoms with Crippen LogP contribution in [0.5, 0.6) is 5.75 Å². The second-order valence-corrected chi connectivity index (χ2v) is 4.73. The highest BCUT2D eigenvalue weighted by atomic mass is 16.5. The van der Waals surface area contributed by atoms with Crippen LogP contribution < -0.4 is 4.74 Å². The van der Waals surface area contributed by atoms with Crippen LogP contribution in [0.15, 0.2) is 12.4 Å². The van der Waals surface area contributed by atoms with Gasteiger partial charge in [-0.2, -0.15) is 0 Å². The minimum Gasteiger partial charge on any atom is -0.496 e. The molecule has 1 aromatic carbocycles. The van der Waals surface area contributed by atoms with Crippen LogP contribution in [0, 0.1) is 20.8 Å². The number of imidazole rings is 1. The van der Waals surface area contributed by atoms with Crippen molar-refractivity contribution in [2.75, 3.05) is 7.11 Å². The van der Waals surface area contributed by atoms with E-state index in [0.717, 1.165) is 40.0 Å². The maximum atomic E-state index is 11.2. The summed E-state index contributed by atoms with van der Waals surface area (Å²) in [6, 6.07) is 2.02. The van der Waals surface area contributed by atoms with Crippen molar-refractivity contribution in [3.63, 3.8) is 0 Å². The summed E-state index contributed by atoms with van der Waals surface area (Å²) >= 11 is 0. The predicted molar refractivity (Wildman–Crippen MR) is 74.8 cm³/mol. The lowest BCUT2D eigenvalue weighted by molar-refractivity contribution is 0.111. The molecule has 0 aliphatic rings. The summed E-state index contributed by atoms with van der Waals surface area (Å²) in [5, 5.41) is 0. The molecule has 0 saturated heterocycles. The van der Waals surface area contributed by atoms with Crippen LogP contribution in [-0.4, -0.2) is 22.9 Å². The fourth-order valence-electron chi connectivity index (χ4n) is 2.40. The van der Waals surface area contributed by atoms with E-state index in [-0.39, 0.29) is 0 Å². The SMILES string of the molecule is COc1c(C)cc(-c2ncn(C)c2C=O)c(C)c1C. The Morgan fingerprint density at radius 2 is 1.95 bits per heavy atom. The summed E-state index contributed by atoms with van der Waals surface area (Å²) in [5.74, 6) is 0.893. The molecule has 0 unspecified atom stereocenters. The van der Waals surface area contributed by atoms with Gasteiger partial charge in [-0.25, -0.2) is 4.98 Å². The quantitative estimate of drug-likeness (QED) is 0.795. The molecule has 4 heteroatoms. The van der Waals surface area contributed by atoms with Crippen LogP contribution in [0.1, 0.15) is 27.2 Å². The normalized spacial score (nSPS) is 10.6. The van der Waals surface area contributed by atoms with E-state index in [1.54, 1.807) is 18.0 Å². The van der Waals surface area contributed by atoms with Crippen molar-refractivity contribution in [2.45, 2.75) is 20.8 Å². The topological polar surface area (TPSA) is 44.1 Å². The summed E-state index contributed by atoms with van der Waals surface area (Å²) in [6.45, 7) is 6.04. The lowest BCUT2D eigenvalue weighted by Crippen LogP contribution is -1.99. The molecule has 4 nitrogen and oxygen atoms in total. The van der Waals surface area contributed by atoms with E-state index in [9.17, 15) is 4.79 Å². The third-order valence-electron chi connectivity index (χ3n) is 3.58. The molecule has 0 radical (unpaired) electrons. The van der Waals surface area contributed by atoms with Crippen molar-refractivity contribution in [3.05, 3.63) is 34.8 Å². The van der Waals surface area contributed by atoms with Gasteiger partial charge in [0.25, 0.3) is 0 Å². The Morgan fingerprint density at radius 1 is 1.26 bits per heavy atom. The van der Waals surface area contributed by atoms with Crippen LogP contribution in [-0.2, 0) is 7.05 Å². The van der Waals surface area contributed by atoms with E-state index in [2.05, 4.69) is 4.98 Å². The van der Waals surface area contributed by atoms with Crippen molar-refractivity contribution in [2.24, 2.45) is 7.05 Å². The van der Waals surface area contributed by atoms with Gasteiger partial charge in [0, 0.05) is 12.6 Å². The van der Waals surface area contributed by atoms with Crippen molar-refractivity contribution < 1.29 is 9.53 Å². The molecule has 19 heavy (non-hydrogen) atoms. The molecule has 0 aliphatic heterocycles. The number of aromatic nitrogens is 2. The molecule has 0 saturated carbocycles. The summed E-state index contributed by atoms with van der Waals surface area (Å²) < 4.78 is 7.15. The zero-order chi connectivity index (χ0) is 14.2. The number of ether oxygens (including phenoxy) is 1. The molecule has 0 atom stereocenters. The molecule has 100 valence electrons. The first-order chi connectivity index (χ1) is 9.01. The minimum absolute atomic E-state index is 0.590. The Morgan fingerprint density at radius 3 is 2.53 bits per heavy atom. The lowest BCUT2D eigenvalue weighted by atomic mass is 9.96. The minimum atomic E-state index is 0.590. The van der Waals surface area contributed by atoms with Gasteiger partial charge >= 0.3 is 0 Å². The Hall–Kier alpha value is -2.10. The predicted octanol–water partition coefficient (Wildman–Crippen LogP) is 2.83. The fraction of sp³-hybridized carbons (Fsp3) is 0.333. The highest BCUT2D eigenvalue weighted by molar-refractivity contribution is 5.85. The van der Waals surface area contributed by atoms with Gasteiger partial charge in [-0.05, 0) is 43.5 Å². The average Bonchev–Trinajstić information content (AvgIpc) is 2.75. The maximum Gasteiger partial charge on any atom is 0.168 e. The number of carbonyl (C=O) groups is 1. The third kappa shape index (κ3) is 2.03. The molecule has 1 aromatic heterocycles. The van der Waals surface area contributed by atoms with Gasteiger partial charge in [-0.1, -0.05) is 0 Å². The van der Waals surface area contributed by atoms with Crippen LogP contribution >= 0.6 is 0 Å². The Bertz CT molecular complexity index is 642. The van der Waals surface area contributed by atoms with E-state index < -0.39 is 0 Å². The highest BCUT2D eigenvalue weighted by Crippen LogP contribution is 2.34. The molecular formula is C15H18N2O2. The van der Waals surface area contributed by atoms with Crippen LogP contribution in [0.4, 0.5) is 0 Å². The number of benzene rings is 1. The molecule has 0 spiro atoms. The van der Waals surface area contributed by atoms with Crippen molar-refractivity contribution in [1.82, 2.24) is 9.55 Å². The first-order valence-corrected chi connectivity index (χ1v) is 6.12. The van der Waals surface area contributed by atoms with Gasteiger partial charge in [-0.15, -0.1) is 0 Å². The monoisotopic (exact) mass is 258 g/mol. The summed E-state index contributed by atoms with van der Waals surface area (Å²) in [7, 11) is 3.49. The molecule has 0 aliphatic carbocycles. The van der Waals surface area contributed by atoms with Gasteiger partial charge in [0.15, 0.2) is 6.29 Å². The van der Waals surface area contributed by atoms with E-state index in [1.165, 1.54) is 0 Å². The standard InChI is InChI=1S/C15H18N2O2/c1-9-6-12(10(2)11(3)15(9)19-5)14-13(7-18)17(4)8-16-14/h6-8H,1-5H3. The van der Waals surface area contributed by atoms with Crippen molar-refractivity contribution in [1.29, 1.82) is 0 Å². The van der Waals surface area contributed by atoms with Gasteiger partial charge in [0.2, 0.25) is 0 Å². The van der Waals surface area contributed by atoms with Gasteiger partial charge in [0.05, 0.1) is 19.1 Å². The number of aldehydes is 1. The zero-order valence-electron chi connectivity index (χ0n) is 11.9. The van der Waals surface area contributed by atoms with Gasteiger partial charge < -0.3 is 9.30 Å². The summed E-state index contributed by atoms with van der Waals surface area (Å²) in [6.07, 6.45) is 2.50. The van der Waals surface area contributed by atoms with Gasteiger partial charge in [-0.3, -0.25) is 4.79 Å². The van der Waals surface area contributed by atoms with Crippen LogP contribution in [0.2, 0.25) is 0 Å². The van der Waals surface area contributed by atoms with E-state index in [0.29, 0.717) is 5.69 Å².